The molecule has 0 aliphatic carbocycles. The van der Waals surface area contributed by atoms with Crippen molar-refractivity contribution in [1.29, 1.82) is 0 Å². The summed E-state index contributed by atoms with van der Waals surface area (Å²) in [5.41, 5.74) is 2.22. The molecular weight excluding hydrogens is 314 g/mol. The molecule has 0 saturated carbocycles. The zero-order chi connectivity index (χ0) is 16.8. The third-order valence-corrected chi connectivity index (χ3v) is 3.53. The normalized spacial score (nSPS) is 10.2. The predicted octanol–water partition coefficient (Wildman–Crippen LogP) is 4.12. The number of carbonyl (C=O) groups excluding carboxylic acids is 2. The summed E-state index contributed by atoms with van der Waals surface area (Å²) in [6, 6.07) is 12.4. The fourth-order valence-electron chi connectivity index (χ4n) is 2.11. The van der Waals surface area contributed by atoms with E-state index >= 15 is 0 Å². The highest BCUT2D eigenvalue weighted by molar-refractivity contribution is 6.31. The predicted molar refractivity (Wildman–Crippen MR) is 91.4 cm³/mol. The largest absolute Gasteiger partial charge is 0.483 e. The van der Waals surface area contributed by atoms with E-state index in [1.54, 1.807) is 12.1 Å². The van der Waals surface area contributed by atoms with Crippen LogP contribution in [0.1, 0.15) is 29.8 Å². The summed E-state index contributed by atoms with van der Waals surface area (Å²) in [4.78, 5) is 23.6. The number of hydrogen-bond acceptors (Lipinski definition) is 3. The van der Waals surface area contributed by atoms with Crippen LogP contribution in [-0.2, 0) is 11.2 Å². The molecule has 0 aromatic heterocycles. The number of halogens is 1. The lowest BCUT2D eigenvalue weighted by Crippen LogP contribution is -2.20. The molecule has 0 atom stereocenters. The molecule has 0 fully saturated rings. The first-order valence-corrected chi connectivity index (χ1v) is 7.69. The third kappa shape index (κ3) is 4.83. The molecule has 0 bridgehead atoms. The maximum atomic E-state index is 12.0. The average molecular weight is 332 g/mol. The molecule has 1 amide bonds. The molecule has 2 aromatic carbocycles. The van der Waals surface area contributed by atoms with Gasteiger partial charge in [0.05, 0.1) is 5.56 Å². The van der Waals surface area contributed by atoms with Gasteiger partial charge in [-0.15, -0.1) is 0 Å². The number of ether oxygens (including phenoxy) is 1. The van der Waals surface area contributed by atoms with Gasteiger partial charge >= 0.3 is 0 Å². The quantitative estimate of drug-likeness (QED) is 0.810. The Morgan fingerprint density at radius 2 is 1.96 bits per heavy atom. The van der Waals surface area contributed by atoms with Crippen molar-refractivity contribution in [2.24, 2.45) is 0 Å². The number of Topliss-reactive ketones (excluding diaryl/α,β-unsaturated/α-hetero) is 1. The molecule has 0 aliphatic heterocycles. The number of ketones is 1. The Morgan fingerprint density at radius 3 is 2.65 bits per heavy atom. The van der Waals surface area contributed by atoms with Crippen LogP contribution < -0.4 is 10.1 Å². The topological polar surface area (TPSA) is 55.4 Å². The smallest absolute Gasteiger partial charge is 0.262 e. The minimum Gasteiger partial charge on any atom is -0.483 e. The fourth-order valence-corrected chi connectivity index (χ4v) is 2.28. The molecule has 0 unspecified atom stereocenters. The van der Waals surface area contributed by atoms with Crippen molar-refractivity contribution < 1.29 is 14.3 Å². The number of aryl methyl sites for hydroxylation is 1. The minimum absolute atomic E-state index is 0.168. The van der Waals surface area contributed by atoms with Gasteiger partial charge in [-0.3, -0.25) is 9.59 Å². The number of amides is 1. The van der Waals surface area contributed by atoms with Crippen molar-refractivity contribution in [2.75, 3.05) is 11.9 Å². The summed E-state index contributed by atoms with van der Waals surface area (Å²) < 4.78 is 5.45. The molecule has 120 valence electrons. The fraction of sp³-hybridized carbons (Fsp3) is 0.222. The molecule has 0 heterocycles. The summed E-state index contributed by atoms with van der Waals surface area (Å²) in [6.07, 6.45) is 0.896. The van der Waals surface area contributed by atoms with Gasteiger partial charge in [0.25, 0.3) is 5.91 Å². The first kappa shape index (κ1) is 17.0. The van der Waals surface area contributed by atoms with Crippen LogP contribution in [0.25, 0.3) is 0 Å². The highest BCUT2D eigenvalue weighted by atomic mass is 35.5. The lowest BCUT2D eigenvalue weighted by Gasteiger charge is -2.11. The second-order valence-electron chi connectivity index (χ2n) is 5.09. The highest BCUT2D eigenvalue weighted by Crippen LogP contribution is 2.23. The van der Waals surface area contributed by atoms with Gasteiger partial charge in [-0.25, -0.2) is 0 Å². The molecule has 4 nitrogen and oxygen atoms in total. The van der Waals surface area contributed by atoms with Gasteiger partial charge in [0, 0.05) is 10.7 Å². The summed E-state index contributed by atoms with van der Waals surface area (Å²) in [5, 5.41) is 3.22. The summed E-state index contributed by atoms with van der Waals surface area (Å²) in [6.45, 7) is 3.29. The van der Waals surface area contributed by atoms with E-state index in [-0.39, 0.29) is 18.3 Å². The Bertz CT molecular complexity index is 728. The first-order valence-electron chi connectivity index (χ1n) is 7.31. The molecule has 0 spiro atoms. The second kappa shape index (κ2) is 7.79. The van der Waals surface area contributed by atoms with E-state index in [1.165, 1.54) is 13.0 Å². The molecular formula is C18H18ClNO3. The first-order chi connectivity index (χ1) is 11.0. The van der Waals surface area contributed by atoms with E-state index < -0.39 is 0 Å². The van der Waals surface area contributed by atoms with Crippen LogP contribution in [-0.4, -0.2) is 18.3 Å². The Hall–Kier alpha value is -2.33. The summed E-state index contributed by atoms with van der Waals surface area (Å²) in [5.74, 6) is -0.111. The van der Waals surface area contributed by atoms with Crippen molar-refractivity contribution in [2.45, 2.75) is 20.3 Å². The van der Waals surface area contributed by atoms with Crippen molar-refractivity contribution in [3.8, 4) is 5.75 Å². The monoisotopic (exact) mass is 331 g/mol. The molecule has 5 heteroatoms. The van der Waals surface area contributed by atoms with Crippen LogP contribution in [0.3, 0.4) is 0 Å². The van der Waals surface area contributed by atoms with Gasteiger partial charge in [-0.2, -0.15) is 0 Å². The zero-order valence-corrected chi connectivity index (χ0v) is 13.8. The molecule has 1 N–H and O–H groups in total. The van der Waals surface area contributed by atoms with Crippen molar-refractivity contribution >= 4 is 29.0 Å². The van der Waals surface area contributed by atoms with E-state index in [0.29, 0.717) is 16.3 Å². The average Bonchev–Trinajstić information content (AvgIpc) is 2.53. The lowest BCUT2D eigenvalue weighted by molar-refractivity contribution is -0.118. The molecule has 0 saturated heterocycles. The van der Waals surface area contributed by atoms with Crippen molar-refractivity contribution in [1.82, 2.24) is 0 Å². The van der Waals surface area contributed by atoms with Gasteiger partial charge < -0.3 is 10.1 Å². The second-order valence-corrected chi connectivity index (χ2v) is 5.52. The third-order valence-electron chi connectivity index (χ3n) is 3.30. The molecule has 23 heavy (non-hydrogen) atoms. The SMILES string of the molecule is CCc1cccc(NC(=O)COc2ccc(Cl)cc2C(C)=O)c1. The zero-order valence-electron chi connectivity index (χ0n) is 13.1. The van der Waals surface area contributed by atoms with Crippen LogP contribution in [0, 0.1) is 0 Å². The van der Waals surface area contributed by atoms with Gasteiger partial charge in [-0.05, 0) is 49.2 Å². The van der Waals surface area contributed by atoms with E-state index in [2.05, 4.69) is 5.32 Å². The van der Waals surface area contributed by atoms with Crippen LogP contribution in [0.15, 0.2) is 42.5 Å². The standard InChI is InChI=1S/C18H18ClNO3/c1-3-13-5-4-6-15(9-13)20-18(22)11-23-17-8-7-14(19)10-16(17)12(2)21/h4-10H,3,11H2,1-2H3,(H,20,22). The maximum absolute atomic E-state index is 12.0. The Kier molecular flexibility index (Phi) is 5.77. The number of anilines is 1. The Labute approximate surface area is 140 Å². The van der Waals surface area contributed by atoms with Crippen LogP contribution >= 0.6 is 11.6 Å². The van der Waals surface area contributed by atoms with E-state index in [1.807, 2.05) is 31.2 Å². The summed E-state index contributed by atoms with van der Waals surface area (Å²) in [7, 11) is 0. The van der Waals surface area contributed by atoms with Gasteiger partial charge in [0.1, 0.15) is 5.75 Å². The molecule has 2 rings (SSSR count). The highest BCUT2D eigenvalue weighted by Gasteiger charge is 2.11. The maximum Gasteiger partial charge on any atom is 0.262 e. The van der Waals surface area contributed by atoms with Crippen LogP contribution in [0.5, 0.6) is 5.75 Å². The van der Waals surface area contributed by atoms with Gasteiger partial charge in [-0.1, -0.05) is 30.7 Å². The Morgan fingerprint density at radius 1 is 1.17 bits per heavy atom. The molecule has 0 aliphatic rings. The number of benzene rings is 2. The molecule has 2 aromatic rings. The van der Waals surface area contributed by atoms with Crippen molar-refractivity contribution in [3.05, 3.63) is 58.6 Å². The lowest BCUT2D eigenvalue weighted by atomic mass is 10.1. The number of carbonyl (C=O) groups is 2. The van der Waals surface area contributed by atoms with Gasteiger partial charge in [0.15, 0.2) is 12.4 Å². The molecule has 0 radical (unpaired) electrons. The van der Waals surface area contributed by atoms with Crippen LogP contribution in [0.2, 0.25) is 5.02 Å². The van der Waals surface area contributed by atoms with Crippen molar-refractivity contribution in [3.63, 3.8) is 0 Å². The number of nitrogens with one attached hydrogen (secondary N) is 1. The number of hydrogen-bond donors (Lipinski definition) is 1. The van der Waals surface area contributed by atoms with E-state index in [9.17, 15) is 9.59 Å². The Balaban J connectivity index is 2.00. The van der Waals surface area contributed by atoms with Gasteiger partial charge in [0.2, 0.25) is 0 Å². The minimum atomic E-state index is -0.289. The van der Waals surface area contributed by atoms with Crippen LogP contribution in [0.4, 0.5) is 5.69 Å². The summed E-state index contributed by atoms with van der Waals surface area (Å²) >= 11 is 5.87. The number of rotatable bonds is 6. The van der Waals surface area contributed by atoms with E-state index in [4.69, 9.17) is 16.3 Å². The van der Waals surface area contributed by atoms with E-state index in [0.717, 1.165) is 17.7 Å².